The van der Waals surface area contributed by atoms with Gasteiger partial charge in [0.2, 0.25) is 0 Å². The van der Waals surface area contributed by atoms with Crippen LogP contribution in [0.15, 0.2) is 36.1 Å². The van der Waals surface area contributed by atoms with Crippen LogP contribution >= 0.6 is 11.6 Å². The predicted molar refractivity (Wildman–Crippen MR) is 40.3 cm³/mol. The van der Waals surface area contributed by atoms with E-state index >= 15 is 0 Å². The van der Waals surface area contributed by atoms with Crippen molar-refractivity contribution in [1.29, 1.82) is 0 Å². The molecular formula is C7H9ClO. The van der Waals surface area contributed by atoms with Crippen molar-refractivity contribution < 1.29 is 4.74 Å². The van der Waals surface area contributed by atoms with Crippen LogP contribution in [0.3, 0.4) is 0 Å². The lowest BCUT2D eigenvalue weighted by atomic mass is 10.5. The van der Waals surface area contributed by atoms with Gasteiger partial charge < -0.3 is 4.74 Å². The van der Waals surface area contributed by atoms with Crippen molar-refractivity contribution in [1.82, 2.24) is 0 Å². The SMILES string of the molecule is C=C/C=C\C=C(\Cl)OC. The van der Waals surface area contributed by atoms with Crippen molar-refractivity contribution in [2.75, 3.05) is 7.11 Å². The minimum atomic E-state index is 0.369. The minimum Gasteiger partial charge on any atom is -0.486 e. The molecule has 0 aromatic carbocycles. The number of ether oxygens (including phenoxy) is 1. The molecule has 1 nitrogen and oxygen atoms in total. The molecular weight excluding hydrogens is 136 g/mol. The van der Waals surface area contributed by atoms with E-state index in [0.717, 1.165) is 0 Å². The number of methoxy groups -OCH3 is 1. The average molecular weight is 145 g/mol. The van der Waals surface area contributed by atoms with E-state index < -0.39 is 0 Å². The fraction of sp³-hybridized carbons (Fsp3) is 0.143. The zero-order valence-corrected chi connectivity index (χ0v) is 6.06. The normalized spacial score (nSPS) is 12.0. The van der Waals surface area contributed by atoms with Crippen molar-refractivity contribution in [3.05, 3.63) is 36.1 Å². The fourth-order valence-electron chi connectivity index (χ4n) is 0.278. The van der Waals surface area contributed by atoms with Crippen LogP contribution < -0.4 is 0 Å². The highest BCUT2D eigenvalue weighted by atomic mass is 35.5. The molecule has 0 radical (unpaired) electrons. The molecule has 0 saturated carbocycles. The second-order valence-corrected chi connectivity index (χ2v) is 1.67. The van der Waals surface area contributed by atoms with Crippen LogP contribution in [0.4, 0.5) is 0 Å². The van der Waals surface area contributed by atoms with Gasteiger partial charge in [0.05, 0.1) is 7.11 Å². The number of allylic oxidation sites excluding steroid dienone is 4. The molecule has 0 aliphatic rings. The molecule has 9 heavy (non-hydrogen) atoms. The predicted octanol–water partition coefficient (Wildman–Crippen LogP) is 2.46. The molecule has 0 bridgehead atoms. The maximum absolute atomic E-state index is 5.45. The fourth-order valence-corrected chi connectivity index (χ4v) is 0.351. The van der Waals surface area contributed by atoms with Crippen molar-refractivity contribution in [3.8, 4) is 0 Å². The summed E-state index contributed by atoms with van der Waals surface area (Å²) in [5.74, 6) is 0. The van der Waals surface area contributed by atoms with Gasteiger partial charge in [0.25, 0.3) is 0 Å². The molecule has 0 heterocycles. The molecule has 0 spiro atoms. The summed E-state index contributed by atoms with van der Waals surface area (Å²) in [6.45, 7) is 3.48. The van der Waals surface area contributed by atoms with Gasteiger partial charge in [0.1, 0.15) is 0 Å². The minimum absolute atomic E-state index is 0.369. The summed E-state index contributed by atoms with van der Waals surface area (Å²) in [6.07, 6.45) is 6.82. The van der Waals surface area contributed by atoms with Gasteiger partial charge in [0.15, 0.2) is 5.22 Å². The van der Waals surface area contributed by atoms with E-state index in [2.05, 4.69) is 11.3 Å². The van der Waals surface area contributed by atoms with Crippen molar-refractivity contribution in [3.63, 3.8) is 0 Å². The Kier molecular flexibility index (Phi) is 5.03. The van der Waals surface area contributed by atoms with Crippen molar-refractivity contribution in [2.45, 2.75) is 0 Å². The molecule has 0 amide bonds. The number of hydrogen-bond donors (Lipinski definition) is 0. The Hall–Kier alpha value is -0.690. The van der Waals surface area contributed by atoms with E-state index in [1.165, 1.54) is 7.11 Å². The van der Waals surface area contributed by atoms with Crippen LogP contribution in [0.5, 0.6) is 0 Å². The van der Waals surface area contributed by atoms with Crippen LogP contribution in [0.1, 0.15) is 0 Å². The van der Waals surface area contributed by atoms with Crippen molar-refractivity contribution in [2.24, 2.45) is 0 Å². The van der Waals surface area contributed by atoms with Gasteiger partial charge in [-0.3, -0.25) is 0 Å². The van der Waals surface area contributed by atoms with E-state index in [1.54, 1.807) is 24.3 Å². The highest BCUT2D eigenvalue weighted by molar-refractivity contribution is 6.28. The molecule has 50 valence electrons. The molecule has 0 atom stereocenters. The zero-order valence-electron chi connectivity index (χ0n) is 5.30. The van der Waals surface area contributed by atoms with Gasteiger partial charge in [-0.05, 0) is 17.7 Å². The van der Waals surface area contributed by atoms with Gasteiger partial charge in [-0.15, -0.1) is 0 Å². The molecule has 0 N–H and O–H groups in total. The maximum Gasteiger partial charge on any atom is 0.186 e. The first-order chi connectivity index (χ1) is 4.31. The third-order valence-corrected chi connectivity index (χ3v) is 0.950. The highest BCUT2D eigenvalue weighted by Gasteiger charge is 1.79. The first-order valence-corrected chi connectivity index (χ1v) is 2.88. The lowest BCUT2D eigenvalue weighted by Crippen LogP contribution is -1.71. The Balaban J connectivity index is 3.67. The lowest BCUT2D eigenvalue weighted by Gasteiger charge is -1.89. The van der Waals surface area contributed by atoms with Crippen LogP contribution in [0, 0.1) is 0 Å². The summed E-state index contributed by atoms with van der Waals surface area (Å²) in [6, 6.07) is 0. The average Bonchev–Trinajstić information content (AvgIpc) is 1.89. The van der Waals surface area contributed by atoms with Gasteiger partial charge >= 0.3 is 0 Å². The molecule has 0 aliphatic carbocycles. The molecule has 0 saturated heterocycles. The molecule has 0 rings (SSSR count). The number of hydrogen-bond acceptors (Lipinski definition) is 1. The Morgan fingerprint density at radius 1 is 1.56 bits per heavy atom. The van der Waals surface area contributed by atoms with Gasteiger partial charge in [-0.25, -0.2) is 0 Å². The number of halogens is 1. The summed E-state index contributed by atoms with van der Waals surface area (Å²) in [5, 5.41) is 0.369. The Bertz CT molecular complexity index is 136. The summed E-state index contributed by atoms with van der Waals surface area (Å²) in [7, 11) is 1.51. The maximum atomic E-state index is 5.45. The molecule has 0 fully saturated rings. The Morgan fingerprint density at radius 3 is 2.67 bits per heavy atom. The molecule has 0 unspecified atom stereocenters. The van der Waals surface area contributed by atoms with Crippen LogP contribution in [0.25, 0.3) is 0 Å². The second kappa shape index (κ2) is 5.45. The Labute approximate surface area is 60.3 Å². The van der Waals surface area contributed by atoms with E-state index in [1.807, 2.05) is 0 Å². The topological polar surface area (TPSA) is 9.23 Å². The third kappa shape index (κ3) is 5.18. The molecule has 2 heteroatoms. The largest absolute Gasteiger partial charge is 0.486 e. The summed E-state index contributed by atoms with van der Waals surface area (Å²) >= 11 is 5.45. The first kappa shape index (κ1) is 8.31. The second-order valence-electron chi connectivity index (χ2n) is 1.30. The van der Waals surface area contributed by atoms with E-state index in [9.17, 15) is 0 Å². The standard InChI is InChI=1S/C7H9ClO/c1-3-4-5-6-7(8)9-2/h3-6H,1H2,2H3/b5-4-,7-6-. The molecule has 0 aromatic rings. The number of rotatable bonds is 3. The summed E-state index contributed by atoms with van der Waals surface area (Å²) in [4.78, 5) is 0. The molecule has 0 aromatic heterocycles. The van der Waals surface area contributed by atoms with E-state index in [0.29, 0.717) is 5.22 Å². The zero-order chi connectivity index (χ0) is 7.11. The Morgan fingerprint density at radius 2 is 2.22 bits per heavy atom. The smallest absolute Gasteiger partial charge is 0.186 e. The van der Waals surface area contributed by atoms with Gasteiger partial charge in [0, 0.05) is 0 Å². The van der Waals surface area contributed by atoms with Gasteiger partial charge in [-0.2, -0.15) is 0 Å². The summed E-state index contributed by atoms with van der Waals surface area (Å²) < 4.78 is 4.64. The quantitative estimate of drug-likeness (QED) is 0.437. The van der Waals surface area contributed by atoms with Crippen LogP contribution in [0.2, 0.25) is 0 Å². The lowest BCUT2D eigenvalue weighted by molar-refractivity contribution is 0.322. The highest BCUT2D eigenvalue weighted by Crippen LogP contribution is 1.99. The van der Waals surface area contributed by atoms with Crippen LogP contribution in [-0.2, 0) is 4.74 Å². The monoisotopic (exact) mass is 144 g/mol. The van der Waals surface area contributed by atoms with E-state index in [4.69, 9.17) is 11.6 Å². The first-order valence-electron chi connectivity index (χ1n) is 2.50. The van der Waals surface area contributed by atoms with Crippen molar-refractivity contribution >= 4 is 11.6 Å². The summed E-state index contributed by atoms with van der Waals surface area (Å²) in [5.41, 5.74) is 0. The molecule has 0 aliphatic heterocycles. The van der Waals surface area contributed by atoms with E-state index in [-0.39, 0.29) is 0 Å². The van der Waals surface area contributed by atoms with Crippen LogP contribution in [-0.4, -0.2) is 7.11 Å². The van der Waals surface area contributed by atoms with Gasteiger partial charge in [-0.1, -0.05) is 24.8 Å². The third-order valence-electron chi connectivity index (χ3n) is 0.669.